The fourth-order valence-corrected chi connectivity index (χ4v) is 1.76. The summed E-state index contributed by atoms with van der Waals surface area (Å²) in [7, 11) is 0. The van der Waals surface area contributed by atoms with Crippen molar-refractivity contribution in [1.82, 2.24) is 15.4 Å². The number of carbonyl (C=O) groups is 1. The van der Waals surface area contributed by atoms with Gasteiger partial charge in [0.25, 0.3) is 6.47 Å². The summed E-state index contributed by atoms with van der Waals surface area (Å²) in [6, 6.07) is 3.60. The number of hydrogen-bond acceptors (Lipinski definition) is 4. The van der Waals surface area contributed by atoms with Crippen LogP contribution in [-0.2, 0) is 22.4 Å². The molecule has 0 saturated carbocycles. The lowest BCUT2D eigenvalue weighted by Crippen LogP contribution is -2.20. The standard InChI is InChI=1S/C12H11F2N3O2/c13-11-2-1-3-12(14)10(11)5-9(19-7-18)4-8-6-15-17-16-8/h1-3,6-7,9H,4-5H2,(H,15,16,17). The Balaban J connectivity index is 2.14. The molecule has 100 valence electrons. The number of carbonyl (C=O) groups excluding carboxylic acids is 1. The quantitative estimate of drug-likeness (QED) is 0.803. The van der Waals surface area contributed by atoms with Gasteiger partial charge in [-0.05, 0) is 12.1 Å². The van der Waals surface area contributed by atoms with Crippen molar-refractivity contribution in [2.24, 2.45) is 0 Å². The molecule has 7 heteroatoms. The van der Waals surface area contributed by atoms with Crippen LogP contribution in [0.15, 0.2) is 24.4 Å². The van der Waals surface area contributed by atoms with Gasteiger partial charge in [-0.1, -0.05) is 6.07 Å². The molecule has 5 nitrogen and oxygen atoms in total. The zero-order valence-electron chi connectivity index (χ0n) is 9.85. The van der Waals surface area contributed by atoms with Crippen molar-refractivity contribution < 1.29 is 18.3 Å². The van der Waals surface area contributed by atoms with Crippen LogP contribution in [-0.4, -0.2) is 28.0 Å². The number of hydrogen-bond donors (Lipinski definition) is 1. The fourth-order valence-electron chi connectivity index (χ4n) is 1.76. The van der Waals surface area contributed by atoms with Gasteiger partial charge in [0.2, 0.25) is 0 Å². The number of aromatic amines is 1. The van der Waals surface area contributed by atoms with Crippen LogP contribution >= 0.6 is 0 Å². The van der Waals surface area contributed by atoms with E-state index in [0.717, 1.165) is 12.1 Å². The average molecular weight is 267 g/mol. The summed E-state index contributed by atoms with van der Waals surface area (Å²) in [6.07, 6.45) is 0.917. The first-order chi connectivity index (χ1) is 9.20. The van der Waals surface area contributed by atoms with Crippen molar-refractivity contribution in [2.75, 3.05) is 0 Å². The summed E-state index contributed by atoms with van der Waals surface area (Å²) in [5, 5.41) is 9.83. The predicted molar refractivity (Wildman–Crippen MR) is 61.1 cm³/mol. The highest BCUT2D eigenvalue weighted by Gasteiger charge is 2.18. The maximum Gasteiger partial charge on any atom is 0.293 e. The summed E-state index contributed by atoms with van der Waals surface area (Å²) in [4.78, 5) is 10.5. The molecule has 0 saturated heterocycles. The molecule has 1 heterocycles. The van der Waals surface area contributed by atoms with E-state index in [-0.39, 0.29) is 24.9 Å². The lowest BCUT2D eigenvalue weighted by Gasteiger charge is -2.14. The molecular formula is C12H11F2N3O2. The first-order valence-electron chi connectivity index (χ1n) is 5.57. The summed E-state index contributed by atoms with van der Waals surface area (Å²) in [5.41, 5.74) is 0.432. The minimum Gasteiger partial charge on any atom is -0.464 e. The molecule has 0 aliphatic rings. The van der Waals surface area contributed by atoms with Crippen molar-refractivity contribution in [2.45, 2.75) is 18.9 Å². The van der Waals surface area contributed by atoms with Crippen molar-refractivity contribution in [3.8, 4) is 0 Å². The lowest BCUT2D eigenvalue weighted by molar-refractivity contribution is -0.133. The monoisotopic (exact) mass is 267 g/mol. The Bertz CT molecular complexity index is 526. The highest BCUT2D eigenvalue weighted by Crippen LogP contribution is 2.16. The van der Waals surface area contributed by atoms with Gasteiger partial charge >= 0.3 is 0 Å². The SMILES string of the molecule is O=COC(Cc1cn[nH]n1)Cc1c(F)cccc1F. The van der Waals surface area contributed by atoms with E-state index in [0.29, 0.717) is 5.69 Å². The van der Waals surface area contributed by atoms with Crippen molar-refractivity contribution in [3.63, 3.8) is 0 Å². The van der Waals surface area contributed by atoms with E-state index in [2.05, 4.69) is 15.4 Å². The van der Waals surface area contributed by atoms with Gasteiger partial charge in [0.1, 0.15) is 17.7 Å². The third-order valence-corrected chi connectivity index (χ3v) is 2.64. The molecule has 2 rings (SSSR count). The van der Waals surface area contributed by atoms with E-state index < -0.39 is 17.7 Å². The Labute approximate surface area is 107 Å². The summed E-state index contributed by atoms with van der Waals surface area (Å²) in [6.45, 7) is 0.253. The van der Waals surface area contributed by atoms with Crippen LogP contribution in [0.4, 0.5) is 8.78 Å². The van der Waals surface area contributed by atoms with Crippen LogP contribution < -0.4 is 0 Å². The predicted octanol–water partition coefficient (Wildman–Crippen LogP) is 1.41. The second kappa shape index (κ2) is 6.03. The number of rotatable bonds is 6. The van der Waals surface area contributed by atoms with Crippen LogP contribution in [0, 0.1) is 11.6 Å². The maximum absolute atomic E-state index is 13.5. The lowest BCUT2D eigenvalue weighted by atomic mass is 10.0. The molecule has 2 aromatic rings. The zero-order chi connectivity index (χ0) is 13.7. The van der Waals surface area contributed by atoms with Gasteiger partial charge in [0.15, 0.2) is 0 Å². The Kier molecular flexibility index (Phi) is 4.17. The molecule has 0 radical (unpaired) electrons. The first-order valence-corrected chi connectivity index (χ1v) is 5.57. The maximum atomic E-state index is 13.5. The number of nitrogens with zero attached hydrogens (tertiary/aromatic N) is 2. The number of H-pyrrole nitrogens is 1. The molecule has 1 unspecified atom stereocenters. The number of nitrogens with one attached hydrogen (secondary N) is 1. The van der Waals surface area contributed by atoms with E-state index in [1.165, 1.54) is 12.3 Å². The molecule has 0 aliphatic heterocycles. The molecule has 1 aromatic heterocycles. The Hall–Kier alpha value is -2.31. The molecule has 1 aromatic carbocycles. The Morgan fingerprint density at radius 2 is 2.05 bits per heavy atom. The highest BCUT2D eigenvalue weighted by molar-refractivity contribution is 5.38. The molecule has 1 atom stereocenters. The van der Waals surface area contributed by atoms with Crippen molar-refractivity contribution in [1.29, 1.82) is 0 Å². The van der Waals surface area contributed by atoms with Crippen LogP contribution in [0.2, 0.25) is 0 Å². The van der Waals surface area contributed by atoms with Gasteiger partial charge in [-0.2, -0.15) is 15.4 Å². The summed E-state index contributed by atoms with van der Waals surface area (Å²) >= 11 is 0. The fraction of sp³-hybridized carbons (Fsp3) is 0.250. The van der Waals surface area contributed by atoms with Crippen LogP contribution in [0.3, 0.4) is 0 Å². The van der Waals surface area contributed by atoms with Gasteiger partial charge in [-0.15, -0.1) is 0 Å². The number of benzene rings is 1. The highest BCUT2D eigenvalue weighted by atomic mass is 19.1. The van der Waals surface area contributed by atoms with Crippen LogP contribution in [0.5, 0.6) is 0 Å². The molecule has 0 bridgehead atoms. The zero-order valence-corrected chi connectivity index (χ0v) is 9.85. The van der Waals surface area contributed by atoms with Crippen molar-refractivity contribution >= 4 is 6.47 Å². The number of aromatic nitrogens is 3. The summed E-state index contributed by atoms with van der Waals surface area (Å²) < 4.78 is 31.9. The largest absolute Gasteiger partial charge is 0.464 e. The minimum absolute atomic E-state index is 0.0654. The molecule has 1 N–H and O–H groups in total. The Morgan fingerprint density at radius 1 is 1.32 bits per heavy atom. The molecule has 0 fully saturated rings. The van der Waals surface area contributed by atoms with Crippen molar-refractivity contribution in [3.05, 3.63) is 47.3 Å². The Morgan fingerprint density at radius 3 is 2.63 bits per heavy atom. The van der Waals surface area contributed by atoms with E-state index in [1.54, 1.807) is 0 Å². The molecule has 0 amide bonds. The average Bonchev–Trinajstić information content (AvgIpc) is 2.87. The van der Waals surface area contributed by atoms with Crippen LogP contribution in [0.1, 0.15) is 11.3 Å². The minimum atomic E-state index is -0.700. The van der Waals surface area contributed by atoms with E-state index in [4.69, 9.17) is 4.74 Å². The topological polar surface area (TPSA) is 67.9 Å². The second-order valence-corrected chi connectivity index (χ2v) is 3.92. The molecular weight excluding hydrogens is 256 g/mol. The molecule has 19 heavy (non-hydrogen) atoms. The smallest absolute Gasteiger partial charge is 0.293 e. The van der Waals surface area contributed by atoms with Gasteiger partial charge in [0, 0.05) is 18.4 Å². The van der Waals surface area contributed by atoms with Gasteiger partial charge in [-0.25, -0.2) is 8.78 Å². The summed E-state index contributed by atoms with van der Waals surface area (Å²) in [5.74, 6) is -1.33. The van der Waals surface area contributed by atoms with E-state index in [1.807, 2.05) is 0 Å². The van der Waals surface area contributed by atoms with Crippen LogP contribution in [0.25, 0.3) is 0 Å². The molecule has 0 spiro atoms. The third kappa shape index (κ3) is 3.34. The third-order valence-electron chi connectivity index (χ3n) is 2.64. The van der Waals surface area contributed by atoms with Gasteiger partial charge < -0.3 is 4.74 Å². The van der Waals surface area contributed by atoms with Gasteiger partial charge in [0.05, 0.1) is 11.9 Å². The number of halogens is 2. The first kappa shape index (κ1) is 13.1. The van der Waals surface area contributed by atoms with E-state index >= 15 is 0 Å². The van der Waals surface area contributed by atoms with Gasteiger partial charge in [-0.3, -0.25) is 4.79 Å². The van der Waals surface area contributed by atoms with E-state index in [9.17, 15) is 13.6 Å². The normalized spacial score (nSPS) is 12.1. The molecule has 0 aliphatic carbocycles. The number of ether oxygens (including phenoxy) is 1. The second-order valence-electron chi connectivity index (χ2n) is 3.92.